The Morgan fingerprint density at radius 2 is 1.90 bits per heavy atom. The Morgan fingerprint density at radius 3 is 2.52 bits per heavy atom. The second-order valence-electron chi connectivity index (χ2n) is 4.96. The lowest BCUT2D eigenvalue weighted by atomic mass is 9.82. The standard InChI is InChI=1S/C14H11ClFNO4/c15-7-5-6(1-2-8(7)16)17-13(18)11-9-3-4-10(21-9)12(11)14(19)20/h1-5,9-12H,(H,17,18)(H,19,20)/t9-,10+,11+,12-/m0/s1. The van der Waals surface area contributed by atoms with Gasteiger partial charge in [0.05, 0.1) is 23.1 Å². The maximum atomic E-state index is 13.1. The monoisotopic (exact) mass is 311 g/mol. The van der Waals surface area contributed by atoms with Gasteiger partial charge < -0.3 is 15.2 Å². The second kappa shape index (κ2) is 5.13. The van der Waals surface area contributed by atoms with Crippen molar-refractivity contribution in [3.05, 3.63) is 41.2 Å². The summed E-state index contributed by atoms with van der Waals surface area (Å²) < 4.78 is 18.5. The fourth-order valence-corrected chi connectivity index (χ4v) is 2.90. The van der Waals surface area contributed by atoms with E-state index in [0.29, 0.717) is 5.69 Å². The largest absolute Gasteiger partial charge is 0.481 e. The van der Waals surface area contributed by atoms with Crippen LogP contribution in [0.1, 0.15) is 0 Å². The van der Waals surface area contributed by atoms with Crippen LogP contribution < -0.4 is 5.32 Å². The van der Waals surface area contributed by atoms with E-state index in [9.17, 15) is 19.1 Å². The zero-order valence-electron chi connectivity index (χ0n) is 10.6. The van der Waals surface area contributed by atoms with Crippen LogP contribution in [0.15, 0.2) is 30.4 Å². The summed E-state index contributed by atoms with van der Waals surface area (Å²) in [6.07, 6.45) is 2.21. The van der Waals surface area contributed by atoms with Crippen molar-refractivity contribution in [3.8, 4) is 0 Å². The fourth-order valence-electron chi connectivity index (χ4n) is 2.71. The first-order valence-electron chi connectivity index (χ1n) is 6.30. The third-order valence-electron chi connectivity index (χ3n) is 3.67. The van der Waals surface area contributed by atoms with Crippen LogP contribution in [0.25, 0.3) is 0 Å². The molecule has 21 heavy (non-hydrogen) atoms. The molecular formula is C14H11ClFNO4. The summed E-state index contributed by atoms with van der Waals surface area (Å²) in [4.78, 5) is 23.6. The van der Waals surface area contributed by atoms with Crippen molar-refractivity contribution in [2.75, 3.05) is 5.32 Å². The van der Waals surface area contributed by atoms with Crippen LogP contribution >= 0.6 is 11.6 Å². The van der Waals surface area contributed by atoms with E-state index in [-0.39, 0.29) is 5.02 Å². The van der Waals surface area contributed by atoms with Gasteiger partial charge in [0.1, 0.15) is 11.7 Å². The summed E-state index contributed by atoms with van der Waals surface area (Å²) in [7, 11) is 0. The molecule has 4 atom stereocenters. The molecule has 2 bridgehead atoms. The number of carbonyl (C=O) groups is 2. The minimum atomic E-state index is -1.08. The molecule has 1 amide bonds. The maximum absolute atomic E-state index is 13.1. The first kappa shape index (κ1) is 14.0. The summed E-state index contributed by atoms with van der Waals surface area (Å²) in [5.41, 5.74) is 0.308. The Hall–Kier alpha value is -1.92. The van der Waals surface area contributed by atoms with Crippen LogP contribution in [-0.2, 0) is 14.3 Å². The van der Waals surface area contributed by atoms with E-state index in [1.165, 1.54) is 12.1 Å². The lowest BCUT2D eigenvalue weighted by Gasteiger charge is -2.21. The van der Waals surface area contributed by atoms with Crippen LogP contribution in [-0.4, -0.2) is 29.2 Å². The smallest absolute Gasteiger partial charge is 0.310 e. The Bertz CT molecular complexity index is 648. The molecule has 0 radical (unpaired) electrons. The number of ether oxygens (including phenoxy) is 1. The van der Waals surface area contributed by atoms with Crippen LogP contribution in [0.2, 0.25) is 5.02 Å². The van der Waals surface area contributed by atoms with Gasteiger partial charge in [-0.25, -0.2) is 4.39 Å². The number of carboxylic acid groups (broad SMARTS) is 1. The van der Waals surface area contributed by atoms with Crippen LogP contribution in [0.5, 0.6) is 0 Å². The lowest BCUT2D eigenvalue weighted by Crippen LogP contribution is -2.39. The maximum Gasteiger partial charge on any atom is 0.310 e. The van der Waals surface area contributed by atoms with Crippen molar-refractivity contribution in [2.45, 2.75) is 12.2 Å². The van der Waals surface area contributed by atoms with E-state index >= 15 is 0 Å². The van der Waals surface area contributed by atoms with Crippen molar-refractivity contribution in [2.24, 2.45) is 11.8 Å². The highest BCUT2D eigenvalue weighted by Crippen LogP contribution is 2.39. The van der Waals surface area contributed by atoms with Crippen molar-refractivity contribution in [1.29, 1.82) is 0 Å². The second-order valence-corrected chi connectivity index (χ2v) is 5.37. The summed E-state index contributed by atoms with van der Waals surface area (Å²) >= 11 is 5.64. The Balaban J connectivity index is 1.80. The number of halogens is 2. The van der Waals surface area contributed by atoms with Gasteiger partial charge in [0.25, 0.3) is 0 Å². The zero-order chi connectivity index (χ0) is 15.1. The number of hydrogen-bond donors (Lipinski definition) is 2. The normalized spacial score (nSPS) is 29.6. The minimum Gasteiger partial charge on any atom is -0.481 e. The number of anilines is 1. The van der Waals surface area contributed by atoms with Crippen molar-refractivity contribution in [1.82, 2.24) is 0 Å². The lowest BCUT2D eigenvalue weighted by molar-refractivity contribution is -0.145. The number of benzene rings is 1. The number of carboxylic acids is 1. The molecule has 0 aliphatic carbocycles. The predicted octanol–water partition coefficient (Wildman–Crippen LogP) is 2.07. The van der Waals surface area contributed by atoms with E-state index in [4.69, 9.17) is 16.3 Å². The van der Waals surface area contributed by atoms with E-state index < -0.39 is 41.7 Å². The van der Waals surface area contributed by atoms with Crippen LogP contribution in [0.3, 0.4) is 0 Å². The predicted molar refractivity (Wildman–Crippen MR) is 72.5 cm³/mol. The molecule has 0 saturated carbocycles. The summed E-state index contributed by atoms with van der Waals surface area (Å²) in [6, 6.07) is 3.76. The highest BCUT2D eigenvalue weighted by atomic mass is 35.5. The molecule has 2 aliphatic rings. The van der Waals surface area contributed by atoms with E-state index in [1.54, 1.807) is 12.2 Å². The van der Waals surface area contributed by atoms with Gasteiger partial charge in [-0.3, -0.25) is 9.59 Å². The number of nitrogens with one attached hydrogen (secondary N) is 1. The van der Waals surface area contributed by atoms with Gasteiger partial charge in [-0.15, -0.1) is 0 Å². The number of amides is 1. The van der Waals surface area contributed by atoms with Crippen LogP contribution in [0, 0.1) is 17.7 Å². The van der Waals surface area contributed by atoms with Crippen molar-refractivity contribution >= 4 is 29.2 Å². The van der Waals surface area contributed by atoms with Crippen molar-refractivity contribution in [3.63, 3.8) is 0 Å². The van der Waals surface area contributed by atoms with Gasteiger partial charge in [-0.2, -0.15) is 0 Å². The molecule has 3 rings (SSSR count). The third-order valence-corrected chi connectivity index (χ3v) is 3.96. The first-order valence-corrected chi connectivity index (χ1v) is 6.67. The van der Waals surface area contributed by atoms with Gasteiger partial charge in [0.15, 0.2) is 0 Å². The van der Waals surface area contributed by atoms with Gasteiger partial charge in [0.2, 0.25) is 5.91 Å². The molecule has 2 N–H and O–H groups in total. The van der Waals surface area contributed by atoms with Gasteiger partial charge in [-0.05, 0) is 18.2 Å². The molecule has 1 fully saturated rings. The van der Waals surface area contributed by atoms with Crippen LogP contribution in [0.4, 0.5) is 10.1 Å². The number of hydrogen-bond acceptors (Lipinski definition) is 3. The molecule has 0 unspecified atom stereocenters. The van der Waals surface area contributed by atoms with E-state index in [2.05, 4.69) is 5.32 Å². The minimum absolute atomic E-state index is 0.119. The summed E-state index contributed by atoms with van der Waals surface area (Å²) in [5.74, 6) is -3.90. The molecule has 2 aliphatic heterocycles. The first-order chi connectivity index (χ1) is 9.97. The molecule has 1 saturated heterocycles. The van der Waals surface area contributed by atoms with Crippen molar-refractivity contribution < 1.29 is 23.8 Å². The molecule has 2 heterocycles. The average molecular weight is 312 g/mol. The highest BCUT2D eigenvalue weighted by molar-refractivity contribution is 6.31. The number of fused-ring (bicyclic) bond motifs is 2. The summed E-state index contributed by atoms with van der Waals surface area (Å²) in [5, 5.41) is 11.7. The quantitative estimate of drug-likeness (QED) is 0.838. The zero-order valence-corrected chi connectivity index (χ0v) is 11.4. The number of carbonyl (C=O) groups excluding carboxylic acids is 1. The van der Waals surface area contributed by atoms with Gasteiger partial charge >= 0.3 is 5.97 Å². The molecule has 1 aromatic rings. The number of aliphatic carboxylic acids is 1. The molecule has 110 valence electrons. The number of rotatable bonds is 3. The SMILES string of the molecule is O=C(O)[C@@H]1[C@H](C(=O)Nc2ccc(F)c(Cl)c2)[C@@H]2C=C[C@H]1O2. The van der Waals surface area contributed by atoms with E-state index in [0.717, 1.165) is 6.07 Å². The van der Waals surface area contributed by atoms with Gasteiger partial charge in [0, 0.05) is 5.69 Å². The molecular weight excluding hydrogens is 301 g/mol. The average Bonchev–Trinajstić information content (AvgIpc) is 3.03. The fraction of sp³-hybridized carbons (Fsp3) is 0.286. The molecule has 5 nitrogen and oxygen atoms in total. The Morgan fingerprint density at radius 1 is 1.24 bits per heavy atom. The highest BCUT2D eigenvalue weighted by Gasteiger charge is 2.53. The summed E-state index contributed by atoms with van der Waals surface area (Å²) in [6.45, 7) is 0. The Labute approximate surface area is 124 Å². The molecule has 1 aromatic carbocycles. The molecule has 7 heteroatoms. The van der Waals surface area contributed by atoms with E-state index in [1.807, 2.05) is 0 Å². The third kappa shape index (κ3) is 2.41. The molecule has 0 spiro atoms. The molecule has 0 aromatic heterocycles. The van der Waals surface area contributed by atoms with Gasteiger partial charge in [-0.1, -0.05) is 23.8 Å². The topological polar surface area (TPSA) is 75.6 Å². The Kier molecular flexibility index (Phi) is 3.43.